The summed E-state index contributed by atoms with van der Waals surface area (Å²) in [6.07, 6.45) is 1.64. The van der Waals surface area contributed by atoms with Gasteiger partial charge in [-0.25, -0.2) is 14.5 Å². The van der Waals surface area contributed by atoms with E-state index in [2.05, 4.69) is 31.0 Å². The van der Waals surface area contributed by atoms with Gasteiger partial charge in [-0.3, -0.25) is 9.59 Å². The number of para-hydroxylation sites is 1. The number of aromatic amines is 1. The van der Waals surface area contributed by atoms with E-state index in [0.717, 1.165) is 5.69 Å². The predicted octanol–water partition coefficient (Wildman–Crippen LogP) is 0.823. The Morgan fingerprint density at radius 2 is 1.93 bits per heavy atom. The maximum Gasteiger partial charge on any atom is 0.315 e. The highest BCUT2D eigenvalue weighted by molar-refractivity contribution is 5.78. The van der Waals surface area contributed by atoms with E-state index < -0.39 is 6.03 Å². The lowest BCUT2D eigenvalue weighted by Crippen LogP contribution is -2.39. The zero-order valence-corrected chi connectivity index (χ0v) is 16.2. The van der Waals surface area contributed by atoms with Crippen LogP contribution in [0.1, 0.15) is 26.1 Å². The fourth-order valence-electron chi connectivity index (χ4n) is 2.72. The molecule has 0 atom stereocenters. The largest absolute Gasteiger partial charge is 0.354 e. The van der Waals surface area contributed by atoms with E-state index in [0.29, 0.717) is 16.9 Å². The van der Waals surface area contributed by atoms with Crippen molar-refractivity contribution < 1.29 is 9.59 Å². The molecule has 10 nitrogen and oxygen atoms in total. The Balaban J connectivity index is 1.63. The van der Waals surface area contributed by atoms with Crippen molar-refractivity contribution in [3.63, 3.8) is 0 Å². The number of H-pyrrole nitrogens is 1. The highest BCUT2D eigenvalue weighted by Crippen LogP contribution is 2.13. The molecule has 2 heterocycles. The number of fused-ring (bicyclic) bond motifs is 1. The molecule has 4 N–H and O–H groups in total. The third-order valence-corrected chi connectivity index (χ3v) is 3.99. The van der Waals surface area contributed by atoms with Crippen molar-refractivity contribution in [2.24, 2.45) is 0 Å². The molecule has 0 aliphatic heterocycles. The number of rotatable bonds is 7. The second kappa shape index (κ2) is 9.00. The van der Waals surface area contributed by atoms with E-state index in [1.54, 1.807) is 4.68 Å². The highest BCUT2D eigenvalue weighted by Gasteiger charge is 2.12. The molecule has 3 rings (SSSR count). The number of amides is 3. The molecule has 0 saturated heterocycles. The molecule has 3 aromatic rings. The Kier molecular flexibility index (Phi) is 6.22. The van der Waals surface area contributed by atoms with Crippen molar-refractivity contribution in [2.45, 2.75) is 32.9 Å². The van der Waals surface area contributed by atoms with Crippen molar-refractivity contribution in [2.75, 3.05) is 6.54 Å². The molecule has 0 saturated carbocycles. The number of carbonyl (C=O) groups excluding carboxylic acids is 2. The van der Waals surface area contributed by atoms with Gasteiger partial charge in [-0.1, -0.05) is 18.2 Å². The van der Waals surface area contributed by atoms with Gasteiger partial charge in [0.1, 0.15) is 11.2 Å². The van der Waals surface area contributed by atoms with Crippen LogP contribution in [0.4, 0.5) is 4.79 Å². The summed E-state index contributed by atoms with van der Waals surface area (Å²) in [4.78, 5) is 42.8. The number of nitrogens with one attached hydrogen (secondary N) is 4. The van der Waals surface area contributed by atoms with Gasteiger partial charge >= 0.3 is 6.03 Å². The topological polar surface area (TPSA) is 134 Å². The zero-order valence-electron chi connectivity index (χ0n) is 16.2. The van der Waals surface area contributed by atoms with Gasteiger partial charge in [0, 0.05) is 19.0 Å². The number of aromatic nitrogens is 4. The Morgan fingerprint density at radius 3 is 2.66 bits per heavy atom. The lowest BCUT2D eigenvalue weighted by Gasteiger charge is -2.10. The first-order valence-corrected chi connectivity index (χ1v) is 9.27. The minimum Gasteiger partial charge on any atom is -0.354 e. The molecule has 1 aromatic carbocycles. The first kappa shape index (κ1) is 20.1. The van der Waals surface area contributed by atoms with E-state index in [1.807, 2.05) is 44.2 Å². The van der Waals surface area contributed by atoms with Crippen LogP contribution >= 0.6 is 0 Å². The summed E-state index contributed by atoms with van der Waals surface area (Å²) in [5, 5.41) is 12.5. The number of nitrogens with zero attached hydrogens (tertiary/aromatic N) is 3. The van der Waals surface area contributed by atoms with Crippen LogP contribution in [0, 0.1) is 0 Å². The molecule has 10 heteroatoms. The summed E-state index contributed by atoms with van der Waals surface area (Å²) in [5.74, 6) is 0.166. The Hall–Kier alpha value is -3.69. The van der Waals surface area contributed by atoms with Crippen LogP contribution in [0.5, 0.6) is 0 Å². The van der Waals surface area contributed by atoms with E-state index in [4.69, 9.17) is 0 Å². The fraction of sp³-hybridized carbons (Fsp3) is 0.316. The molecule has 0 aliphatic rings. The minimum atomic E-state index is -0.457. The third-order valence-electron chi connectivity index (χ3n) is 3.99. The van der Waals surface area contributed by atoms with Gasteiger partial charge in [-0.2, -0.15) is 5.10 Å². The summed E-state index contributed by atoms with van der Waals surface area (Å²) < 4.78 is 1.57. The molecule has 0 unspecified atom stereocenters. The number of carbonyl (C=O) groups is 2. The number of benzene rings is 1. The second-order valence-electron chi connectivity index (χ2n) is 6.72. The SMILES string of the molecule is CC(C)NC(=O)CCNC(=O)NCc1nc2c(cnn2-c2ccccc2)c(=O)[nH]1. The smallest absolute Gasteiger partial charge is 0.315 e. The van der Waals surface area contributed by atoms with Gasteiger partial charge in [0.2, 0.25) is 5.91 Å². The molecule has 2 aromatic heterocycles. The van der Waals surface area contributed by atoms with E-state index in [1.165, 1.54) is 6.20 Å². The van der Waals surface area contributed by atoms with Crippen LogP contribution in [0.3, 0.4) is 0 Å². The first-order valence-electron chi connectivity index (χ1n) is 9.27. The summed E-state index contributed by atoms with van der Waals surface area (Å²) in [6.45, 7) is 3.96. The molecule has 0 spiro atoms. The summed E-state index contributed by atoms with van der Waals surface area (Å²) in [6, 6.07) is 8.93. The minimum absolute atomic E-state index is 0.0230. The standard InChI is InChI=1S/C19H23N7O3/c1-12(2)23-16(27)8-9-20-19(29)21-11-15-24-17-14(18(28)25-15)10-22-26(17)13-6-4-3-5-7-13/h3-7,10,12H,8-9,11H2,1-2H3,(H,23,27)(H2,20,21,29)(H,24,25,28). The Bertz CT molecular complexity index is 1060. The van der Waals surface area contributed by atoms with E-state index in [9.17, 15) is 14.4 Å². The predicted molar refractivity (Wildman–Crippen MR) is 108 cm³/mol. The van der Waals surface area contributed by atoms with Crippen LogP contribution in [0.2, 0.25) is 0 Å². The van der Waals surface area contributed by atoms with Crippen LogP contribution < -0.4 is 21.5 Å². The maximum absolute atomic E-state index is 12.3. The molecule has 0 fully saturated rings. The number of urea groups is 1. The fourth-order valence-corrected chi connectivity index (χ4v) is 2.72. The van der Waals surface area contributed by atoms with Gasteiger partial charge in [0.05, 0.1) is 18.4 Å². The number of hydrogen-bond donors (Lipinski definition) is 4. The lowest BCUT2D eigenvalue weighted by atomic mass is 10.3. The molecule has 0 radical (unpaired) electrons. The monoisotopic (exact) mass is 397 g/mol. The van der Waals surface area contributed by atoms with Crippen molar-refractivity contribution in [1.82, 2.24) is 35.7 Å². The second-order valence-corrected chi connectivity index (χ2v) is 6.72. The van der Waals surface area contributed by atoms with Gasteiger partial charge in [-0.05, 0) is 26.0 Å². The third kappa shape index (κ3) is 5.18. The Morgan fingerprint density at radius 1 is 1.17 bits per heavy atom. The molecular formula is C19H23N7O3. The lowest BCUT2D eigenvalue weighted by molar-refractivity contribution is -0.121. The van der Waals surface area contributed by atoms with Crippen LogP contribution in [0.15, 0.2) is 41.3 Å². The van der Waals surface area contributed by atoms with Gasteiger partial charge in [0.15, 0.2) is 5.65 Å². The van der Waals surface area contributed by atoms with Crippen molar-refractivity contribution in [3.05, 3.63) is 52.7 Å². The van der Waals surface area contributed by atoms with Crippen molar-refractivity contribution in [1.29, 1.82) is 0 Å². The average Bonchev–Trinajstić information content (AvgIpc) is 3.11. The van der Waals surface area contributed by atoms with Crippen molar-refractivity contribution in [3.8, 4) is 5.69 Å². The van der Waals surface area contributed by atoms with Crippen LogP contribution in [-0.4, -0.2) is 44.3 Å². The molecule has 152 valence electrons. The molecule has 29 heavy (non-hydrogen) atoms. The van der Waals surface area contributed by atoms with Crippen LogP contribution in [-0.2, 0) is 11.3 Å². The number of hydrogen-bond acceptors (Lipinski definition) is 5. The van der Waals surface area contributed by atoms with Gasteiger partial charge in [-0.15, -0.1) is 0 Å². The van der Waals surface area contributed by atoms with Gasteiger partial charge in [0.25, 0.3) is 5.56 Å². The molecular weight excluding hydrogens is 374 g/mol. The van der Waals surface area contributed by atoms with Crippen LogP contribution in [0.25, 0.3) is 16.7 Å². The zero-order chi connectivity index (χ0) is 20.8. The summed E-state index contributed by atoms with van der Waals surface area (Å²) in [7, 11) is 0. The highest BCUT2D eigenvalue weighted by atomic mass is 16.2. The van der Waals surface area contributed by atoms with E-state index in [-0.39, 0.29) is 37.0 Å². The normalized spacial score (nSPS) is 10.9. The quantitative estimate of drug-likeness (QED) is 0.468. The molecule has 3 amide bonds. The summed E-state index contributed by atoms with van der Waals surface area (Å²) in [5.41, 5.74) is 0.846. The summed E-state index contributed by atoms with van der Waals surface area (Å²) >= 11 is 0. The Labute approximate surface area is 166 Å². The molecule has 0 bridgehead atoms. The molecule has 0 aliphatic carbocycles. The maximum atomic E-state index is 12.3. The van der Waals surface area contributed by atoms with Gasteiger partial charge < -0.3 is 20.9 Å². The average molecular weight is 397 g/mol. The van der Waals surface area contributed by atoms with Crippen molar-refractivity contribution >= 4 is 23.0 Å². The van der Waals surface area contributed by atoms with E-state index >= 15 is 0 Å². The first-order chi connectivity index (χ1) is 13.9.